The molecule has 6 heteroatoms. The molecule has 0 fully saturated rings. The molecule has 0 bridgehead atoms. The molecule has 20 heavy (non-hydrogen) atoms. The molecule has 3 nitrogen and oxygen atoms in total. The number of halogens is 3. The van der Waals surface area contributed by atoms with Crippen molar-refractivity contribution in [2.45, 2.75) is 25.9 Å². The lowest BCUT2D eigenvalue weighted by molar-refractivity contribution is -0.120. The van der Waals surface area contributed by atoms with Crippen molar-refractivity contribution in [3.05, 3.63) is 35.4 Å². The number of allylic oxidation sites excluding steroid dienone is 2. The van der Waals surface area contributed by atoms with Gasteiger partial charge in [0.1, 0.15) is 5.75 Å². The van der Waals surface area contributed by atoms with Gasteiger partial charge in [0.2, 0.25) is 5.91 Å². The number of alkyl halides is 2. The van der Waals surface area contributed by atoms with Crippen molar-refractivity contribution in [3.8, 4) is 5.75 Å². The van der Waals surface area contributed by atoms with Gasteiger partial charge in [-0.1, -0.05) is 23.8 Å². The molecule has 1 amide bonds. The van der Waals surface area contributed by atoms with E-state index in [1.807, 2.05) is 6.08 Å². The summed E-state index contributed by atoms with van der Waals surface area (Å²) < 4.78 is 28.4. The van der Waals surface area contributed by atoms with Crippen LogP contribution in [0.15, 0.2) is 30.4 Å². The predicted molar refractivity (Wildman–Crippen MR) is 73.2 cm³/mol. The highest BCUT2D eigenvalue weighted by Crippen LogP contribution is 2.29. The van der Waals surface area contributed by atoms with Gasteiger partial charge in [0.15, 0.2) is 0 Å². The van der Waals surface area contributed by atoms with Crippen LogP contribution in [0.25, 0.3) is 0 Å². The van der Waals surface area contributed by atoms with Gasteiger partial charge in [-0.25, -0.2) is 0 Å². The summed E-state index contributed by atoms with van der Waals surface area (Å²) in [5.41, 5.74) is 0.469. The fourth-order valence-corrected chi connectivity index (χ4v) is 2.27. The quantitative estimate of drug-likeness (QED) is 0.845. The molecule has 1 aliphatic rings. The Morgan fingerprint density at radius 3 is 2.80 bits per heavy atom. The maximum Gasteiger partial charge on any atom is 0.387 e. The molecule has 2 rings (SSSR count). The zero-order valence-electron chi connectivity index (χ0n) is 10.6. The van der Waals surface area contributed by atoms with Crippen LogP contribution in [0.1, 0.15) is 19.3 Å². The number of hydrogen-bond acceptors (Lipinski definition) is 2. The Morgan fingerprint density at radius 1 is 1.40 bits per heavy atom. The Hall–Kier alpha value is -1.62. The average molecular weight is 302 g/mol. The van der Waals surface area contributed by atoms with Crippen LogP contribution in [-0.2, 0) is 4.79 Å². The van der Waals surface area contributed by atoms with E-state index < -0.39 is 6.61 Å². The van der Waals surface area contributed by atoms with Gasteiger partial charge in [0, 0.05) is 11.6 Å². The molecular weight excluding hydrogens is 288 g/mol. The number of ether oxygens (including phenoxy) is 1. The van der Waals surface area contributed by atoms with E-state index in [1.54, 1.807) is 0 Å². The van der Waals surface area contributed by atoms with Crippen molar-refractivity contribution in [1.29, 1.82) is 0 Å². The van der Waals surface area contributed by atoms with E-state index in [1.165, 1.54) is 18.2 Å². The summed E-state index contributed by atoms with van der Waals surface area (Å²) in [7, 11) is 0. The van der Waals surface area contributed by atoms with Crippen molar-refractivity contribution < 1.29 is 18.3 Å². The van der Waals surface area contributed by atoms with E-state index in [0.717, 1.165) is 12.8 Å². The third-order valence-electron chi connectivity index (χ3n) is 3.06. The number of benzene rings is 1. The lowest BCUT2D eigenvalue weighted by atomic mass is 9.93. The van der Waals surface area contributed by atoms with Crippen molar-refractivity contribution in [3.63, 3.8) is 0 Å². The summed E-state index contributed by atoms with van der Waals surface area (Å²) in [6.07, 6.45) is 6.45. The summed E-state index contributed by atoms with van der Waals surface area (Å²) in [4.78, 5) is 12.0. The van der Waals surface area contributed by atoms with E-state index in [4.69, 9.17) is 11.6 Å². The summed E-state index contributed by atoms with van der Waals surface area (Å²) in [6, 6.07) is 4.20. The molecule has 1 unspecified atom stereocenters. The van der Waals surface area contributed by atoms with E-state index in [9.17, 15) is 13.6 Å². The summed E-state index contributed by atoms with van der Waals surface area (Å²) in [5.74, 6) is -0.260. The second kappa shape index (κ2) is 6.70. The van der Waals surface area contributed by atoms with Crippen LogP contribution >= 0.6 is 11.6 Å². The first-order valence-electron chi connectivity index (χ1n) is 6.26. The van der Waals surface area contributed by atoms with E-state index in [2.05, 4.69) is 16.1 Å². The summed E-state index contributed by atoms with van der Waals surface area (Å²) in [5, 5.41) is 2.77. The smallest absolute Gasteiger partial charge is 0.387 e. The third-order valence-corrected chi connectivity index (χ3v) is 3.35. The van der Waals surface area contributed by atoms with Crippen LogP contribution in [0.3, 0.4) is 0 Å². The number of amides is 1. The SMILES string of the molecule is O=C(Nc1ccc(OC(F)F)c(Cl)c1)C1CC=CCC1. The van der Waals surface area contributed by atoms with Crippen LogP contribution < -0.4 is 10.1 Å². The van der Waals surface area contributed by atoms with E-state index in [0.29, 0.717) is 12.1 Å². The third kappa shape index (κ3) is 3.93. The highest BCUT2D eigenvalue weighted by Gasteiger charge is 2.19. The fourth-order valence-electron chi connectivity index (χ4n) is 2.05. The molecule has 0 aliphatic heterocycles. The molecule has 0 saturated heterocycles. The Kier molecular flexibility index (Phi) is 4.95. The van der Waals surface area contributed by atoms with Crippen LogP contribution in [0.4, 0.5) is 14.5 Å². The standard InChI is InChI=1S/C14H14ClF2NO2/c15-11-8-10(6-7-12(11)20-14(16)17)18-13(19)9-4-2-1-3-5-9/h1-2,6-9,14H,3-5H2,(H,18,19). The molecule has 1 atom stereocenters. The van der Waals surface area contributed by atoms with Crippen LogP contribution in [0.5, 0.6) is 5.75 Å². The van der Waals surface area contributed by atoms with Crippen molar-refractivity contribution in [1.82, 2.24) is 0 Å². The van der Waals surface area contributed by atoms with Gasteiger partial charge in [0.25, 0.3) is 0 Å². The summed E-state index contributed by atoms with van der Waals surface area (Å²) >= 11 is 5.82. The van der Waals surface area contributed by atoms with Gasteiger partial charge in [0.05, 0.1) is 5.02 Å². The molecule has 1 aromatic carbocycles. The fraction of sp³-hybridized carbons (Fsp3) is 0.357. The highest BCUT2D eigenvalue weighted by molar-refractivity contribution is 6.32. The van der Waals surface area contributed by atoms with Gasteiger partial charge < -0.3 is 10.1 Å². The molecule has 0 heterocycles. The first kappa shape index (κ1) is 14.8. The molecular formula is C14H14ClF2NO2. The first-order valence-corrected chi connectivity index (χ1v) is 6.64. The number of nitrogens with one attached hydrogen (secondary N) is 1. The Morgan fingerprint density at radius 2 is 2.20 bits per heavy atom. The largest absolute Gasteiger partial charge is 0.433 e. The van der Waals surface area contributed by atoms with Gasteiger partial charge in [-0.15, -0.1) is 0 Å². The second-order valence-corrected chi connectivity index (χ2v) is 4.90. The van der Waals surface area contributed by atoms with Gasteiger partial charge in [-0.05, 0) is 37.5 Å². The molecule has 1 N–H and O–H groups in total. The van der Waals surface area contributed by atoms with E-state index >= 15 is 0 Å². The van der Waals surface area contributed by atoms with Crippen molar-refractivity contribution in [2.24, 2.45) is 5.92 Å². The molecule has 0 spiro atoms. The highest BCUT2D eigenvalue weighted by atomic mass is 35.5. The molecule has 0 aromatic heterocycles. The first-order chi connectivity index (χ1) is 9.56. The van der Waals surface area contributed by atoms with Gasteiger partial charge >= 0.3 is 6.61 Å². The lowest BCUT2D eigenvalue weighted by Crippen LogP contribution is -2.23. The average Bonchev–Trinajstić information content (AvgIpc) is 2.42. The second-order valence-electron chi connectivity index (χ2n) is 4.49. The van der Waals surface area contributed by atoms with Crippen molar-refractivity contribution in [2.75, 3.05) is 5.32 Å². The van der Waals surface area contributed by atoms with Crippen molar-refractivity contribution >= 4 is 23.2 Å². The van der Waals surface area contributed by atoms with Crippen LogP contribution in [-0.4, -0.2) is 12.5 Å². The zero-order valence-corrected chi connectivity index (χ0v) is 11.4. The summed E-state index contributed by atoms with van der Waals surface area (Å²) in [6.45, 7) is -2.93. The predicted octanol–water partition coefficient (Wildman–Crippen LogP) is 4.24. The maximum atomic E-state index is 12.1. The molecule has 1 aromatic rings. The number of anilines is 1. The number of hydrogen-bond donors (Lipinski definition) is 1. The minimum Gasteiger partial charge on any atom is -0.433 e. The zero-order chi connectivity index (χ0) is 14.5. The molecule has 108 valence electrons. The molecule has 0 saturated carbocycles. The number of carbonyl (C=O) groups excluding carboxylic acids is 1. The Labute approximate surface area is 120 Å². The topological polar surface area (TPSA) is 38.3 Å². The Bertz CT molecular complexity index is 520. The van der Waals surface area contributed by atoms with Crippen LogP contribution in [0.2, 0.25) is 5.02 Å². The monoisotopic (exact) mass is 301 g/mol. The minimum atomic E-state index is -2.93. The maximum absolute atomic E-state index is 12.1. The number of carbonyl (C=O) groups is 1. The molecule has 0 radical (unpaired) electrons. The lowest BCUT2D eigenvalue weighted by Gasteiger charge is -2.17. The molecule has 1 aliphatic carbocycles. The minimum absolute atomic E-state index is 0.0339. The normalized spacial score (nSPS) is 18.1. The van der Waals surface area contributed by atoms with E-state index in [-0.39, 0.29) is 22.6 Å². The van der Waals surface area contributed by atoms with Gasteiger partial charge in [-0.3, -0.25) is 4.79 Å². The van der Waals surface area contributed by atoms with Gasteiger partial charge in [-0.2, -0.15) is 8.78 Å². The van der Waals surface area contributed by atoms with Crippen LogP contribution in [0, 0.1) is 5.92 Å². The Balaban J connectivity index is 2.01. The number of rotatable bonds is 4.